The molecular formula is C14H16NO3+. The van der Waals surface area contributed by atoms with Crippen molar-refractivity contribution in [2.24, 2.45) is 0 Å². The molecule has 0 saturated heterocycles. The van der Waals surface area contributed by atoms with Crippen molar-refractivity contribution >= 4 is 5.97 Å². The number of hydrogen-bond donors (Lipinski definition) is 1. The molecule has 0 amide bonds. The van der Waals surface area contributed by atoms with Gasteiger partial charge in [0.25, 0.3) is 0 Å². The van der Waals surface area contributed by atoms with Crippen molar-refractivity contribution in [3.8, 4) is 0 Å². The summed E-state index contributed by atoms with van der Waals surface area (Å²) in [5.74, 6) is 0.580. The van der Waals surface area contributed by atoms with E-state index in [1.165, 1.54) is 12.7 Å². The fourth-order valence-corrected chi connectivity index (χ4v) is 1.69. The van der Waals surface area contributed by atoms with E-state index in [2.05, 4.69) is 22.2 Å². The first kappa shape index (κ1) is 12.4. The van der Waals surface area contributed by atoms with Gasteiger partial charge in [-0.2, -0.15) is 0 Å². The van der Waals surface area contributed by atoms with Gasteiger partial charge < -0.3 is 14.5 Å². The van der Waals surface area contributed by atoms with Gasteiger partial charge in [0.2, 0.25) is 5.76 Å². The van der Waals surface area contributed by atoms with E-state index in [1.807, 2.05) is 18.2 Å². The maximum atomic E-state index is 11.2. The first-order valence-electron chi connectivity index (χ1n) is 5.82. The third-order valence-electron chi connectivity index (χ3n) is 2.62. The minimum Gasteiger partial charge on any atom is -0.463 e. The van der Waals surface area contributed by atoms with Crippen LogP contribution in [0.4, 0.5) is 0 Å². The van der Waals surface area contributed by atoms with Gasteiger partial charge in [-0.3, -0.25) is 0 Å². The summed E-state index contributed by atoms with van der Waals surface area (Å²) < 4.78 is 9.95. The van der Waals surface area contributed by atoms with Crippen LogP contribution in [0.15, 0.2) is 46.9 Å². The topological polar surface area (TPSA) is 56.0 Å². The van der Waals surface area contributed by atoms with Crippen LogP contribution >= 0.6 is 0 Å². The molecule has 4 heteroatoms. The summed E-state index contributed by atoms with van der Waals surface area (Å²) in [5, 5.41) is 2.12. The Hall–Kier alpha value is -2.07. The highest BCUT2D eigenvalue weighted by molar-refractivity contribution is 5.86. The van der Waals surface area contributed by atoms with Crippen LogP contribution in [0.3, 0.4) is 0 Å². The number of carbonyl (C=O) groups excluding carboxylic acids is 1. The zero-order chi connectivity index (χ0) is 12.8. The van der Waals surface area contributed by atoms with Gasteiger partial charge in [0.1, 0.15) is 13.1 Å². The Bertz CT molecular complexity index is 505. The average molecular weight is 246 g/mol. The second-order valence-corrected chi connectivity index (χ2v) is 3.94. The highest BCUT2D eigenvalue weighted by atomic mass is 16.5. The molecule has 2 aromatic rings. The van der Waals surface area contributed by atoms with Crippen molar-refractivity contribution in [3.05, 3.63) is 59.5 Å². The minimum absolute atomic E-state index is 0.251. The molecule has 1 aromatic carbocycles. The monoisotopic (exact) mass is 246 g/mol. The molecule has 18 heavy (non-hydrogen) atoms. The molecule has 94 valence electrons. The van der Waals surface area contributed by atoms with E-state index in [4.69, 9.17) is 4.42 Å². The third-order valence-corrected chi connectivity index (χ3v) is 2.62. The summed E-state index contributed by atoms with van der Waals surface area (Å²) in [4.78, 5) is 11.2. The van der Waals surface area contributed by atoms with Crippen LogP contribution in [-0.2, 0) is 17.8 Å². The molecule has 0 radical (unpaired) electrons. The summed E-state index contributed by atoms with van der Waals surface area (Å²) >= 11 is 0. The molecule has 0 fully saturated rings. The first-order valence-corrected chi connectivity index (χ1v) is 5.82. The molecule has 0 unspecified atom stereocenters. The molecule has 0 saturated carbocycles. The quantitative estimate of drug-likeness (QED) is 0.810. The van der Waals surface area contributed by atoms with Crippen LogP contribution in [0.2, 0.25) is 0 Å². The molecule has 0 atom stereocenters. The molecule has 1 aromatic heterocycles. The second kappa shape index (κ2) is 6.02. The molecule has 0 bridgehead atoms. The Morgan fingerprint density at radius 2 is 1.94 bits per heavy atom. The van der Waals surface area contributed by atoms with E-state index < -0.39 is 5.97 Å². The Morgan fingerprint density at radius 1 is 1.17 bits per heavy atom. The smallest absolute Gasteiger partial charge is 0.373 e. The number of ether oxygens (including phenoxy) is 1. The number of rotatable bonds is 5. The van der Waals surface area contributed by atoms with Gasteiger partial charge in [0, 0.05) is 5.56 Å². The number of hydrogen-bond acceptors (Lipinski definition) is 3. The maximum Gasteiger partial charge on any atom is 0.373 e. The number of furan rings is 1. The van der Waals surface area contributed by atoms with Gasteiger partial charge in [-0.1, -0.05) is 30.3 Å². The highest BCUT2D eigenvalue weighted by Crippen LogP contribution is 2.07. The molecule has 0 spiro atoms. The predicted octanol–water partition coefficient (Wildman–Crippen LogP) is 1.33. The first-order chi connectivity index (χ1) is 8.79. The van der Waals surface area contributed by atoms with E-state index in [9.17, 15) is 4.79 Å². The van der Waals surface area contributed by atoms with Gasteiger partial charge in [-0.25, -0.2) is 4.79 Å². The van der Waals surface area contributed by atoms with Crippen molar-refractivity contribution < 1.29 is 19.3 Å². The number of quaternary nitrogens is 1. The SMILES string of the molecule is COC(=O)c1ccc(C[NH2+]Cc2ccccc2)o1. The van der Waals surface area contributed by atoms with Crippen molar-refractivity contribution in [2.45, 2.75) is 13.1 Å². The molecular weight excluding hydrogens is 230 g/mol. The van der Waals surface area contributed by atoms with Crippen LogP contribution in [0.5, 0.6) is 0 Å². The summed E-state index contributed by atoms with van der Waals surface area (Å²) in [7, 11) is 1.34. The van der Waals surface area contributed by atoms with Crippen molar-refractivity contribution in [1.29, 1.82) is 0 Å². The molecule has 2 rings (SSSR count). The molecule has 0 aliphatic rings. The van der Waals surface area contributed by atoms with Gasteiger partial charge in [-0.15, -0.1) is 0 Å². The average Bonchev–Trinajstić information content (AvgIpc) is 2.88. The third kappa shape index (κ3) is 3.21. The van der Waals surface area contributed by atoms with E-state index in [0.29, 0.717) is 6.54 Å². The van der Waals surface area contributed by atoms with Crippen molar-refractivity contribution in [3.63, 3.8) is 0 Å². The van der Waals surface area contributed by atoms with Crippen LogP contribution in [0.1, 0.15) is 21.9 Å². The number of carbonyl (C=O) groups is 1. The fourth-order valence-electron chi connectivity index (χ4n) is 1.69. The summed E-state index contributed by atoms with van der Waals surface area (Å²) in [6.07, 6.45) is 0. The Morgan fingerprint density at radius 3 is 2.67 bits per heavy atom. The second-order valence-electron chi connectivity index (χ2n) is 3.94. The number of methoxy groups -OCH3 is 1. The van der Waals surface area contributed by atoms with Crippen LogP contribution in [-0.4, -0.2) is 13.1 Å². The maximum absolute atomic E-state index is 11.2. The van der Waals surface area contributed by atoms with Crippen molar-refractivity contribution in [1.82, 2.24) is 0 Å². The lowest BCUT2D eigenvalue weighted by Gasteiger charge is -1.99. The minimum atomic E-state index is -0.440. The Labute approximate surface area is 106 Å². The molecule has 0 aliphatic heterocycles. The van der Waals surface area contributed by atoms with E-state index >= 15 is 0 Å². The van der Waals surface area contributed by atoms with Gasteiger partial charge in [0.15, 0.2) is 5.76 Å². The Kier molecular flexibility index (Phi) is 4.15. The number of nitrogens with two attached hydrogens (primary N) is 1. The predicted molar refractivity (Wildman–Crippen MR) is 65.8 cm³/mol. The molecule has 0 aliphatic carbocycles. The Balaban J connectivity index is 1.84. The zero-order valence-corrected chi connectivity index (χ0v) is 10.3. The van der Waals surface area contributed by atoms with Crippen molar-refractivity contribution in [2.75, 3.05) is 7.11 Å². The van der Waals surface area contributed by atoms with E-state index in [1.54, 1.807) is 12.1 Å². The highest BCUT2D eigenvalue weighted by Gasteiger charge is 2.11. The summed E-state index contributed by atoms with van der Waals surface area (Å²) in [5.41, 5.74) is 1.26. The standard InChI is InChI=1S/C14H15NO3/c1-17-14(16)13-8-7-12(18-13)10-15-9-11-5-3-2-4-6-11/h2-8,15H,9-10H2,1H3/p+1. The fraction of sp³-hybridized carbons (Fsp3) is 0.214. The van der Waals surface area contributed by atoms with Crippen LogP contribution < -0.4 is 5.32 Å². The lowest BCUT2D eigenvalue weighted by Crippen LogP contribution is -2.80. The number of benzene rings is 1. The summed E-state index contributed by atoms with van der Waals surface area (Å²) in [6, 6.07) is 13.6. The lowest BCUT2D eigenvalue weighted by molar-refractivity contribution is -0.688. The number of esters is 1. The molecule has 4 nitrogen and oxygen atoms in total. The van der Waals surface area contributed by atoms with Gasteiger partial charge in [-0.05, 0) is 12.1 Å². The largest absolute Gasteiger partial charge is 0.463 e. The van der Waals surface area contributed by atoms with E-state index in [0.717, 1.165) is 12.3 Å². The van der Waals surface area contributed by atoms with Gasteiger partial charge in [0.05, 0.1) is 7.11 Å². The van der Waals surface area contributed by atoms with Crippen LogP contribution in [0, 0.1) is 0 Å². The molecule has 2 N–H and O–H groups in total. The normalized spacial score (nSPS) is 10.3. The zero-order valence-electron chi connectivity index (χ0n) is 10.3. The van der Waals surface area contributed by atoms with E-state index in [-0.39, 0.29) is 5.76 Å². The van der Waals surface area contributed by atoms with Crippen LogP contribution in [0.25, 0.3) is 0 Å². The molecule has 1 heterocycles. The lowest BCUT2D eigenvalue weighted by atomic mass is 10.2. The summed E-state index contributed by atoms with van der Waals surface area (Å²) in [6.45, 7) is 1.58. The van der Waals surface area contributed by atoms with Gasteiger partial charge >= 0.3 is 5.97 Å².